The third kappa shape index (κ3) is 2.13. The van der Waals surface area contributed by atoms with E-state index >= 15 is 0 Å². The molecule has 1 saturated carbocycles. The lowest BCUT2D eigenvalue weighted by Gasteiger charge is -2.39. The number of carbonyl (C=O) groups is 2. The number of carbonyl (C=O) groups excluding carboxylic acids is 1. The fraction of sp³-hybridized carbons (Fsp3) is 0.333. The second kappa shape index (κ2) is 4.49. The lowest BCUT2D eigenvalue weighted by molar-refractivity contribution is -0.145. The summed E-state index contributed by atoms with van der Waals surface area (Å²) < 4.78 is 0. The molecule has 6 heteroatoms. The minimum atomic E-state index is -0.988. The number of hydrogen-bond acceptors (Lipinski definition) is 3. The maximum Gasteiger partial charge on any atom is 0.329 e. The van der Waals surface area contributed by atoms with Crippen molar-refractivity contribution in [1.82, 2.24) is 0 Å². The zero-order valence-corrected chi connectivity index (χ0v) is 10.3. The highest BCUT2D eigenvalue weighted by molar-refractivity contribution is 6.31. The van der Waals surface area contributed by atoms with E-state index in [2.05, 4.69) is 5.32 Å². The summed E-state index contributed by atoms with van der Waals surface area (Å²) in [5.41, 5.74) is 4.88. The van der Waals surface area contributed by atoms with E-state index in [0.717, 1.165) is 6.42 Å². The number of amides is 1. The Morgan fingerprint density at radius 3 is 2.50 bits per heavy atom. The van der Waals surface area contributed by atoms with E-state index in [-0.39, 0.29) is 5.56 Å². The number of primary amides is 1. The average Bonchev–Trinajstić information content (AvgIpc) is 2.24. The number of nitrogens with one attached hydrogen (secondary N) is 1. The number of anilines is 1. The van der Waals surface area contributed by atoms with Gasteiger partial charge in [0.2, 0.25) is 0 Å². The lowest BCUT2D eigenvalue weighted by Crippen LogP contribution is -2.52. The van der Waals surface area contributed by atoms with Crippen molar-refractivity contribution in [2.45, 2.75) is 24.8 Å². The van der Waals surface area contributed by atoms with Gasteiger partial charge in [-0.1, -0.05) is 11.6 Å². The molecule has 0 radical (unpaired) electrons. The van der Waals surface area contributed by atoms with Gasteiger partial charge < -0.3 is 16.2 Å². The molecule has 1 aliphatic carbocycles. The summed E-state index contributed by atoms with van der Waals surface area (Å²) in [5.74, 6) is -1.56. The molecule has 1 fully saturated rings. The molecule has 18 heavy (non-hydrogen) atoms. The van der Waals surface area contributed by atoms with Crippen molar-refractivity contribution in [2.75, 3.05) is 5.32 Å². The van der Waals surface area contributed by atoms with Crippen LogP contribution in [0.2, 0.25) is 5.02 Å². The first-order valence-electron chi connectivity index (χ1n) is 5.55. The molecule has 1 amide bonds. The zero-order chi connectivity index (χ0) is 13.3. The van der Waals surface area contributed by atoms with Gasteiger partial charge in [0, 0.05) is 10.7 Å². The minimum absolute atomic E-state index is 0.204. The largest absolute Gasteiger partial charge is 0.480 e. The van der Waals surface area contributed by atoms with Crippen LogP contribution in [0.3, 0.4) is 0 Å². The van der Waals surface area contributed by atoms with Gasteiger partial charge >= 0.3 is 5.97 Å². The van der Waals surface area contributed by atoms with Gasteiger partial charge in [0.25, 0.3) is 5.91 Å². The van der Waals surface area contributed by atoms with Gasteiger partial charge in [-0.15, -0.1) is 0 Å². The SMILES string of the molecule is NC(=O)c1cc(Cl)ccc1NC1(C(=O)O)CCC1. The van der Waals surface area contributed by atoms with Gasteiger partial charge in [0.1, 0.15) is 5.54 Å². The topological polar surface area (TPSA) is 92.4 Å². The maximum atomic E-state index is 11.3. The van der Waals surface area contributed by atoms with Crippen LogP contribution in [0.5, 0.6) is 0 Å². The third-order valence-electron chi connectivity index (χ3n) is 3.24. The summed E-state index contributed by atoms with van der Waals surface area (Å²) >= 11 is 5.79. The van der Waals surface area contributed by atoms with Gasteiger partial charge in [-0.25, -0.2) is 4.79 Å². The average molecular weight is 269 g/mol. The third-order valence-corrected chi connectivity index (χ3v) is 3.47. The van der Waals surface area contributed by atoms with Crippen LogP contribution in [0.4, 0.5) is 5.69 Å². The van der Waals surface area contributed by atoms with Crippen LogP contribution < -0.4 is 11.1 Å². The van der Waals surface area contributed by atoms with Gasteiger partial charge in [-0.2, -0.15) is 0 Å². The van der Waals surface area contributed by atoms with E-state index < -0.39 is 17.4 Å². The number of carboxylic acid groups (broad SMARTS) is 1. The number of rotatable bonds is 4. The molecule has 0 aromatic heterocycles. The molecule has 1 aromatic carbocycles. The van der Waals surface area contributed by atoms with E-state index in [4.69, 9.17) is 17.3 Å². The summed E-state index contributed by atoms with van der Waals surface area (Å²) in [5, 5.41) is 12.5. The number of benzene rings is 1. The Hall–Kier alpha value is -1.75. The molecular formula is C12H13ClN2O3. The summed E-state index contributed by atoms with van der Waals surface area (Å²) in [4.78, 5) is 22.6. The second-order valence-corrected chi connectivity index (χ2v) is 4.86. The predicted octanol–water partition coefficient (Wildman–Crippen LogP) is 1.86. The van der Waals surface area contributed by atoms with Gasteiger partial charge in [0.15, 0.2) is 0 Å². The van der Waals surface area contributed by atoms with Crippen LogP contribution in [0.1, 0.15) is 29.6 Å². The molecule has 4 N–H and O–H groups in total. The second-order valence-electron chi connectivity index (χ2n) is 4.42. The van der Waals surface area contributed by atoms with Crippen molar-refractivity contribution in [3.05, 3.63) is 28.8 Å². The highest BCUT2D eigenvalue weighted by Crippen LogP contribution is 2.36. The molecule has 1 aromatic rings. The van der Waals surface area contributed by atoms with Gasteiger partial charge in [-0.3, -0.25) is 4.79 Å². The fourth-order valence-electron chi connectivity index (χ4n) is 2.01. The summed E-state index contributed by atoms with van der Waals surface area (Å²) in [7, 11) is 0. The number of aliphatic carboxylic acids is 1. The Bertz CT molecular complexity index is 512. The lowest BCUT2D eigenvalue weighted by atomic mass is 9.76. The van der Waals surface area contributed by atoms with E-state index in [1.807, 2.05) is 0 Å². The van der Waals surface area contributed by atoms with E-state index in [1.54, 1.807) is 12.1 Å². The Morgan fingerprint density at radius 2 is 2.06 bits per heavy atom. The first-order valence-corrected chi connectivity index (χ1v) is 5.93. The molecule has 0 atom stereocenters. The number of nitrogens with two attached hydrogens (primary N) is 1. The molecule has 0 saturated heterocycles. The van der Waals surface area contributed by atoms with Crippen LogP contribution in [0.25, 0.3) is 0 Å². The molecule has 0 bridgehead atoms. The quantitative estimate of drug-likeness (QED) is 0.777. The molecular weight excluding hydrogens is 256 g/mol. The first-order chi connectivity index (χ1) is 8.44. The summed E-state index contributed by atoms with van der Waals surface area (Å²) in [6.07, 6.45) is 1.91. The Balaban J connectivity index is 2.34. The van der Waals surface area contributed by atoms with Crippen LogP contribution in [-0.4, -0.2) is 22.5 Å². The van der Waals surface area contributed by atoms with E-state index in [0.29, 0.717) is 23.6 Å². The summed E-state index contributed by atoms with van der Waals surface area (Å²) in [6.45, 7) is 0. The monoisotopic (exact) mass is 268 g/mol. The van der Waals surface area contributed by atoms with Crippen LogP contribution in [0, 0.1) is 0 Å². The van der Waals surface area contributed by atoms with E-state index in [9.17, 15) is 14.7 Å². The minimum Gasteiger partial charge on any atom is -0.480 e. The van der Waals surface area contributed by atoms with Crippen molar-refractivity contribution in [3.8, 4) is 0 Å². The molecule has 5 nitrogen and oxygen atoms in total. The normalized spacial score (nSPS) is 16.7. The first kappa shape index (κ1) is 12.7. The van der Waals surface area contributed by atoms with Crippen LogP contribution in [0.15, 0.2) is 18.2 Å². The van der Waals surface area contributed by atoms with Crippen LogP contribution in [-0.2, 0) is 4.79 Å². The smallest absolute Gasteiger partial charge is 0.329 e. The van der Waals surface area contributed by atoms with Gasteiger partial charge in [-0.05, 0) is 37.5 Å². The van der Waals surface area contributed by atoms with Crippen molar-refractivity contribution >= 4 is 29.2 Å². The molecule has 96 valence electrons. The molecule has 0 heterocycles. The number of hydrogen-bond donors (Lipinski definition) is 3. The molecule has 2 rings (SSSR count). The summed E-state index contributed by atoms with van der Waals surface area (Å²) in [6, 6.07) is 4.59. The van der Waals surface area contributed by atoms with Crippen molar-refractivity contribution in [3.63, 3.8) is 0 Å². The fourth-order valence-corrected chi connectivity index (χ4v) is 2.18. The highest BCUT2D eigenvalue weighted by atomic mass is 35.5. The van der Waals surface area contributed by atoms with Crippen molar-refractivity contribution < 1.29 is 14.7 Å². The predicted molar refractivity (Wildman–Crippen MR) is 67.8 cm³/mol. The van der Waals surface area contributed by atoms with Gasteiger partial charge in [0.05, 0.1) is 5.56 Å². The Morgan fingerprint density at radius 1 is 1.39 bits per heavy atom. The van der Waals surface area contributed by atoms with Crippen molar-refractivity contribution in [2.24, 2.45) is 5.73 Å². The van der Waals surface area contributed by atoms with Crippen molar-refractivity contribution in [1.29, 1.82) is 0 Å². The standard InChI is InChI=1S/C12H13ClN2O3/c13-7-2-3-9(8(6-7)10(14)16)15-12(11(17)18)4-1-5-12/h2-3,6,15H,1,4-5H2,(H2,14,16)(H,17,18). The molecule has 1 aliphatic rings. The molecule has 0 unspecified atom stereocenters. The van der Waals surface area contributed by atoms with E-state index in [1.165, 1.54) is 6.07 Å². The zero-order valence-electron chi connectivity index (χ0n) is 9.57. The van der Waals surface area contributed by atoms with Crippen LogP contribution >= 0.6 is 11.6 Å². The Kier molecular flexibility index (Phi) is 3.17. The molecule has 0 spiro atoms. The number of carboxylic acids is 1. The number of halogens is 1. The Labute approximate surface area is 109 Å². The highest BCUT2D eigenvalue weighted by Gasteiger charge is 2.44. The maximum absolute atomic E-state index is 11.3. The molecule has 0 aliphatic heterocycles.